The van der Waals surface area contributed by atoms with E-state index in [1.807, 2.05) is 41.1 Å². The minimum atomic E-state index is 0.635. The van der Waals surface area contributed by atoms with Crippen molar-refractivity contribution in [2.45, 2.75) is 20.8 Å². The van der Waals surface area contributed by atoms with Gasteiger partial charge in [0, 0.05) is 21.6 Å². The van der Waals surface area contributed by atoms with Crippen molar-refractivity contribution < 1.29 is 0 Å². The van der Waals surface area contributed by atoms with Crippen LogP contribution in [0.2, 0.25) is 5.02 Å². The van der Waals surface area contributed by atoms with Crippen LogP contribution >= 0.6 is 22.9 Å². The van der Waals surface area contributed by atoms with E-state index in [9.17, 15) is 0 Å². The average molecular weight is 456 g/mol. The molecule has 0 saturated heterocycles. The zero-order valence-corrected chi connectivity index (χ0v) is 19.7. The Kier molecular flexibility index (Phi) is 5.41. The van der Waals surface area contributed by atoms with Gasteiger partial charge in [-0.2, -0.15) is 5.10 Å². The Balaban J connectivity index is 1.74. The standard InChI is InChI=1S/C27H22ClN3S/c1-17-9-7-13-21(15-17)25-23(28)26(22-14-8-10-18(2)16-22)31(30-25)27-29-24(19(3)32-27)20-11-5-4-6-12-20/h4-16H,1-3H3. The van der Waals surface area contributed by atoms with E-state index < -0.39 is 0 Å². The first-order valence-corrected chi connectivity index (χ1v) is 11.7. The number of halogens is 1. The number of hydrogen-bond donors (Lipinski definition) is 0. The van der Waals surface area contributed by atoms with Gasteiger partial charge in [-0.1, -0.05) is 101 Å². The Morgan fingerprint density at radius 3 is 2.03 bits per heavy atom. The lowest BCUT2D eigenvalue weighted by molar-refractivity contribution is 0.881. The molecule has 0 aliphatic heterocycles. The van der Waals surface area contributed by atoms with E-state index in [4.69, 9.17) is 21.7 Å². The second-order valence-electron chi connectivity index (χ2n) is 7.93. The van der Waals surface area contributed by atoms with Crippen LogP contribution in [0, 0.1) is 20.8 Å². The smallest absolute Gasteiger partial charge is 0.211 e. The largest absolute Gasteiger partial charge is 0.218 e. The summed E-state index contributed by atoms with van der Waals surface area (Å²) in [6, 6.07) is 26.9. The van der Waals surface area contributed by atoms with E-state index in [0.717, 1.165) is 43.8 Å². The van der Waals surface area contributed by atoms with Crippen molar-refractivity contribution in [2.24, 2.45) is 0 Å². The number of hydrogen-bond acceptors (Lipinski definition) is 3. The molecule has 0 radical (unpaired) electrons. The van der Waals surface area contributed by atoms with Crippen LogP contribution in [-0.4, -0.2) is 14.8 Å². The van der Waals surface area contributed by atoms with Crippen molar-refractivity contribution in [3.05, 3.63) is 99.9 Å². The van der Waals surface area contributed by atoms with Gasteiger partial charge in [-0.3, -0.25) is 0 Å². The summed E-state index contributed by atoms with van der Waals surface area (Å²) >= 11 is 8.64. The third kappa shape index (κ3) is 3.77. The number of aryl methyl sites for hydroxylation is 3. The van der Waals surface area contributed by atoms with E-state index in [1.54, 1.807) is 11.3 Å². The zero-order chi connectivity index (χ0) is 22.2. The predicted octanol–water partition coefficient (Wildman–Crippen LogP) is 7.91. The molecule has 5 rings (SSSR count). The molecule has 3 nitrogen and oxygen atoms in total. The normalized spacial score (nSPS) is 11.1. The minimum Gasteiger partial charge on any atom is -0.218 e. The van der Waals surface area contributed by atoms with Gasteiger partial charge in [0.15, 0.2) is 0 Å². The minimum absolute atomic E-state index is 0.635. The molecule has 0 unspecified atom stereocenters. The Hall–Kier alpha value is -3.21. The topological polar surface area (TPSA) is 30.7 Å². The van der Waals surface area contributed by atoms with Gasteiger partial charge in [0.25, 0.3) is 0 Å². The Morgan fingerprint density at radius 1 is 0.719 bits per heavy atom. The van der Waals surface area contributed by atoms with Crippen molar-refractivity contribution in [1.29, 1.82) is 0 Å². The van der Waals surface area contributed by atoms with Crippen molar-refractivity contribution >= 4 is 22.9 Å². The molecule has 158 valence electrons. The van der Waals surface area contributed by atoms with Gasteiger partial charge in [-0.15, -0.1) is 0 Å². The lowest BCUT2D eigenvalue weighted by Crippen LogP contribution is -1.99. The monoisotopic (exact) mass is 455 g/mol. The van der Waals surface area contributed by atoms with Gasteiger partial charge < -0.3 is 0 Å². The van der Waals surface area contributed by atoms with Gasteiger partial charge in [0.05, 0.1) is 16.4 Å². The Bertz CT molecular complexity index is 1420. The van der Waals surface area contributed by atoms with E-state index in [1.165, 1.54) is 11.1 Å². The highest BCUT2D eigenvalue weighted by Gasteiger charge is 2.23. The summed E-state index contributed by atoms with van der Waals surface area (Å²) in [5.74, 6) is 0. The first kappa shape index (κ1) is 20.7. The van der Waals surface area contributed by atoms with Crippen LogP contribution in [0.5, 0.6) is 0 Å². The fourth-order valence-corrected chi connectivity index (χ4v) is 5.12. The molecule has 2 heterocycles. The van der Waals surface area contributed by atoms with Gasteiger partial charge in [-0.25, -0.2) is 9.67 Å². The summed E-state index contributed by atoms with van der Waals surface area (Å²) in [5, 5.41) is 6.42. The lowest BCUT2D eigenvalue weighted by Gasteiger charge is -2.06. The van der Waals surface area contributed by atoms with Crippen molar-refractivity contribution in [2.75, 3.05) is 0 Å². The molecule has 0 fully saturated rings. The van der Waals surface area contributed by atoms with Crippen LogP contribution in [0.3, 0.4) is 0 Å². The number of nitrogens with zero attached hydrogens (tertiary/aromatic N) is 3. The van der Waals surface area contributed by atoms with Gasteiger partial charge >= 0.3 is 0 Å². The second kappa shape index (κ2) is 8.38. The van der Waals surface area contributed by atoms with Crippen LogP contribution in [-0.2, 0) is 0 Å². The fourth-order valence-electron chi connectivity index (χ4n) is 3.89. The second-order valence-corrected chi connectivity index (χ2v) is 9.49. The summed E-state index contributed by atoms with van der Waals surface area (Å²) in [4.78, 5) is 6.13. The lowest BCUT2D eigenvalue weighted by atomic mass is 10.1. The highest BCUT2D eigenvalue weighted by molar-refractivity contribution is 7.14. The van der Waals surface area contributed by atoms with E-state index >= 15 is 0 Å². The summed E-state index contributed by atoms with van der Waals surface area (Å²) < 4.78 is 1.90. The predicted molar refractivity (Wildman–Crippen MR) is 135 cm³/mol. The quantitative estimate of drug-likeness (QED) is 0.275. The Labute approximate surface area is 197 Å². The first-order chi connectivity index (χ1) is 15.5. The van der Waals surface area contributed by atoms with Crippen LogP contribution in [0.4, 0.5) is 0 Å². The molecule has 5 heteroatoms. The van der Waals surface area contributed by atoms with Gasteiger partial charge in [0.1, 0.15) is 5.69 Å². The highest BCUT2D eigenvalue weighted by atomic mass is 35.5. The first-order valence-electron chi connectivity index (χ1n) is 10.5. The van der Waals surface area contributed by atoms with Crippen molar-refractivity contribution in [1.82, 2.24) is 14.8 Å². The summed E-state index contributed by atoms with van der Waals surface area (Å²) in [5.41, 5.74) is 8.06. The molecule has 0 amide bonds. The average Bonchev–Trinajstić information content (AvgIpc) is 3.34. The number of benzene rings is 3. The summed E-state index contributed by atoms with van der Waals surface area (Å²) in [6.07, 6.45) is 0. The third-order valence-electron chi connectivity index (χ3n) is 5.42. The Morgan fingerprint density at radius 2 is 1.34 bits per heavy atom. The molecule has 0 aliphatic carbocycles. The molecule has 0 atom stereocenters. The molecule has 32 heavy (non-hydrogen) atoms. The van der Waals surface area contributed by atoms with E-state index in [-0.39, 0.29) is 0 Å². The van der Waals surface area contributed by atoms with Crippen LogP contribution in [0.25, 0.3) is 38.9 Å². The molecule has 0 N–H and O–H groups in total. The van der Waals surface area contributed by atoms with Crippen molar-refractivity contribution in [3.63, 3.8) is 0 Å². The van der Waals surface area contributed by atoms with E-state index in [2.05, 4.69) is 63.2 Å². The van der Waals surface area contributed by atoms with E-state index in [0.29, 0.717) is 5.02 Å². The summed E-state index contributed by atoms with van der Waals surface area (Å²) in [7, 11) is 0. The molecule has 5 aromatic rings. The molecule has 3 aromatic carbocycles. The molecule has 2 aromatic heterocycles. The van der Waals surface area contributed by atoms with Crippen LogP contribution < -0.4 is 0 Å². The highest BCUT2D eigenvalue weighted by Crippen LogP contribution is 2.40. The molecule has 0 spiro atoms. The maximum absolute atomic E-state index is 7.01. The number of thiazole rings is 1. The molecular formula is C27H22ClN3S. The maximum Gasteiger partial charge on any atom is 0.211 e. The zero-order valence-electron chi connectivity index (χ0n) is 18.1. The molecular weight excluding hydrogens is 434 g/mol. The van der Waals surface area contributed by atoms with Crippen molar-refractivity contribution in [3.8, 4) is 38.9 Å². The number of aromatic nitrogens is 3. The van der Waals surface area contributed by atoms with Crippen LogP contribution in [0.15, 0.2) is 78.9 Å². The number of rotatable bonds is 4. The molecule has 0 bridgehead atoms. The maximum atomic E-state index is 7.01. The third-order valence-corrected chi connectivity index (χ3v) is 6.73. The summed E-state index contributed by atoms with van der Waals surface area (Å²) in [6.45, 7) is 6.26. The molecule has 0 aliphatic rings. The van der Waals surface area contributed by atoms with Crippen LogP contribution in [0.1, 0.15) is 16.0 Å². The fraction of sp³-hybridized carbons (Fsp3) is 0.111. The molecule has 0 saturated carbocycles. The van der Waals surface area contributed by atoms with Gasteiger partial charge in [-0.05, 0) is 32.9 Å². The van der Waals surface area contributed by atoms with Gasteiger partial charge in [0.2, 0.25) is 5.13 Å². The SMILES string of the molecule is Cc1cccc(-c2nn(-c3nc(-c4ccccc4)c(C)s3)c(-c3cccc(C)c3)c2Cl)c1.